The molecule has 5 heteroatoms. The van der Waals surface area contributed by atoms with Gasteiger partial charge in [0.05, 0.1) is 5.92 Å². The maximum absolute atomic E-state index is 12.3. The average Bonchev–Trinajstić information content (AvgIpc) is 2.91. The fourth-order valence-corrected chi connectivity index (χ4v) is 2.91. The summed E-state index contributed by atoms with van der Waals surface area (Å²) >= 11 is 0. The van der Waals surface area contributed by atoms with Crippen molar-refractivity contribution < 1.29 is 9.90 Å². The third kappa shape index (κ3) is 3.25. The molecule has 3 aromatic rings. The van der Waals surface area contributed by atoms with Gasteiger partial charge in [-0.2, -0.15) is 0 Å². The van der Waals surface area contributed by atoms with E-state index in [1.807, 2.05) is 30.7 Å². The highest BCUT2D eigenvalue weighted by Crippen LogP contribution is 2.20. The maximum Gasteiger partial charge on any atom is 0.227 e. The highest BCUT2D eigenvalue weighted by atomic mass is 16.3. The van der Waals surface area contributed by atoms with Gasteiger partial charge in [-0.25, -0.2) is 4.98 Å². The van der Waals surface area contributed by atoms with Crippen molar-refractivity contribution >= 4 is 16.9 Å². The number of carbonyl (C=O) groups excluding carboxylic acids is 1. The Morgan fingerprint density at radius 3 is 2.96 bits per heavy atom. The van der Waals surface area contributed by atoms with E-state index in [0.29, 0.717) is 6.54 Å². The number of phenolic OH excluding ortho intramolecular Hbond substituents is 1. The smallest absolute Gasteiger partial charge is 0.227 e. The van der Waals surface area contributed by atoms with Crippen LogP contribution in [0.15, 0.2) is 48.8 Å². The molecule has 5 nitrogen and oxygen atoms in total. The first-order chi connectivity index (χ1) is 11.6. The lowest BCUT2D eigenvalue weighted by Gasteiger charge is -2.12. The van der Waals surface area contributed by atoms with Crippen molar-refractivity contribution in [2.45, 2.75) is 19.3 Å². The molecule has 0 bridgehead atoms. The van der Waals surface area contributed by atoms with Gasteiger partial charge in [0.25, 0.3) is 0 Å². The predicted octanol–water partition coefficient (Wildman–Crippen LogP) is 2.74. The number of rotatable bonds is 5. The Balaban J connectivity index is 1.62. The van der Waals surface area contributed by atoms with Gasteiger partial charge in [0.2, 0.25) is 5.91 Å². The number of aryl methyl sites for hydroxylation is 1. The van der Waals surface area contributed by atoms with Crippen molar-refractivity contribution in [1.82, 2.24) is 14.9 Å². The van der Waals surface area contributed by atoms with Crippen LogP contribution in [0.1, 0.15) is 24.0 Å². The molecular formula is C19H21N3O2. The molecule has 0 aliphatic rings. The number of aromatic hydroxyl groups is 1. The summed E-state index contributed by atoms with van der Waals surface area (Å²) in [5.41, 5.74) is 2.93. The van der Waals surface area contributed by atoms with E-state index in [2.05, 4.69) is 22.6 Å². The number of pyridine rings is 1. The quantitative estimate of drug-likeness (QED) is 0.759. The zero-order valence-electron chi connectivity index (χ0n) is 13.9. The molecule has 2 aromatic heterocycles. The number of aromatic nitrogens is 2. The van der Waals surface area contributed by atoms with Gasteiger partial charge >= 0.3 is 0 Å². The van der Waals surface area contributed by atoms with Gasteiger partial charge in [0, 0.05) is 31.4 Å². The molecule has 1 unspecified atom stereocenters. The molecule has 0 aliphatic heterocycles. The largest absolute Gasteiger partial charge is 0.508 e. The lowest BCUT2D eigenvalue weighted by Crippen LogP contribution is -2.29. The Bertz CT molecular complexity index is 870. The molecule has 1 aromatic carbocycles. The standard InChI is InChI=1S/C19H21N3O2/c1-13(14-5-3-6-16(23)11-14)19(24)21-10-8-15-12-22(2)18-17(15)7-4-9-20-18/h3-7,9,11-13,23H,8,10H2,1-2H3,(H,21,24). The monoisotopic (exact) mass is 323 g/mol. The van der Waals surface area contributed by atoms with E-state index in [1.165, 1.54) is 5.56 Å². The molecule has 24 heavy (non-hydrogen) atoms. The van der Waals surface area contributed by atoms with Crippen molar-refractivity contribution in [3.05, 3.63) is 59.9 Å². The fourth-order valence-electron chi connectivity index (χ4n) is 2.91. The zero-order chi connectivity index (χ0) is 17.1. The highest BCUT2D eigenvalue weighted by molar-refractivity contribution is 5.83. The lowest BCUT2D eigenvalue weighted by molar-refractivity contribution is -0.122. The number of carbonyl (C=O) groups is 1. The number of hydrogen-bond acceptors (Lipinski definition) is 3. The van der Waals surface area contributed by atoms with Crippen molar-refractivity contribution in [3.8, 4) is 5.75 Å². The summed E-state index contributed by atoms with van der Waals surface area (Å²) in [6, 6.07) is 10.8. The van der Waals surface area contributed by atoms with E-state index < -0.39 is 0 Å². The van der Waals surface area contributed by atoms with Crippen molar-refractivity contribution in [3.63, 3.8) is 0 Å². The first-order valence-corrected chi connectivity index (χ1v) is 8.02. The first-order valence-electron chi connectivity index (χ1n) is 8.02. The molecule has 1 amide bonds. The number of nitrogens with zero attached hydrogens (tertiary/aromatic N) is 2. The van der Waals surface area contributed by atoms with Gasteiger partial charge in [-0.3, -0.25) is 4.79 Å². The van der Waals surface area contributed by atoms with E-state index in [9.17, 15) is 9.90 Å². The molecule has 0 radical (unpaired) electrons. The third-order valence-corrected chi connectivity index (χ3v) is 4.27. The van der Waals surface area contributed by atoms with Gasteiger partial charge < -0.3 is 15.0 Å². The number of benzene rings is 1. The molecular weight excluding hydrogens is 302 g/mol. The van der Waals surface area contributed by atoms with E-state index in [4.69, 9.17) is 0 Å². The zero-order valence-corrected chi connectivity index (χ0v) is 13.9. The number of nitrogens with one attached hydrogen (secondary N) is 1. The number of amides is 1. The molecule has 2 N–H and O–H groups in total. The van der Waals surface area contributed by atoms with E-state index in [1.54, 1.807) is 24.4 Å². The Labute approximate surface area is 141 Å². The fraction of sp³-hybridized carbons (Fsp3) is 0.263. The van der Waals surface area contributed by atoms with Crippen molar-refractivity contribution in [2.24, 2.45) is 7.05 Å². The average molecular weight is 323 g/mol. The van der Waals surface area contributed by atoms with E-state index in [-0.39, 0.29) is 17.6 Å². The van der Waals surface area contributed by atoms with Crippen LogP contribution >= 0.6 is 0 Å². The molecule has 0 saturated heterocycles. The van der Waals surface area contributed by atoms with Crippen molar-refractivity contribution in [2.75, 3.05) is 6.54 Å². The van der Waals surface area contributed by atoms with Gasteiger partial charge in [0.15, 0.2) is 0 Å². The van der Waals surface area contributed by atoms with Crippen LogP contribution in [0.2, 0.25) is 0 Å². The minimum Gasteiger partial charge on any atom is -0.508 e. The summed E-state index contributed by atoms with van der Waals surface area (Å²) in [6.07, 6.45) is 4.59. The van der Waals surface area contributed by atoms with Gasteiger partial charge in [-0.15, -0.1) is 0 Å². The number of fused-ring (bicyclic) bond motifs is 1. The lowest BCUT2D eigenvalue weighted by atomic mass is 10.00. The molecule has 124 valence electrons. The van der Waals surface area contributed by atoms with Crippen LogP contribution in [0.5, 0.6) is 5.75 Å². The van der Waals surface area contributed by atoms with Gasteiger partial charge in [-0.1, -0.05) is 12.1 Å². The summed E-state index contributed by atoms with van der Waals surface area (Å²) in [5, 5.41) is 13.6. The van der Waals surface area contributed by atoms with Gasteiger partial charge in [0.1, 0.15) is 11.4 Å². The topological polar surface area (TPSA) is 67.2 Å². The summed E-state index contributed by atoms with van der Waals surface area (Å²) in [6.45, 7) is 2.40. The van der Waals surface area contributed by atoms with Crippen LogP contribution < -0.4 is 5.32 Å². The third-order valence-electron chi connectivity index (χ3n) is 4.27. The van der Waals surface area contributed by atoms with E-state index in [0.717, 1.165) is 23.0 Å². The second kappa shape index (κ2) is 6.74. The molecule has 0 saturated carbocycles. The van der Waals surface area contributed by atoms with Crippen LogP contribution in [-0.4, -0.2) is 27.1 Å². The van der Waals surface area contributed by atoms with Crippen LogP contribution in [-0.2, 0) is 18.3 Å². The minimum absolute atomic E-state index is 0.0426. The Morgan fingerprint density at radius 1 is 1.33 bits per heavy atom. The molecule has 3 rings (SSSR count). The van der Waals surface area contributed by atoms with E-state index >= 15 is 0 Å². The first kappa shape index (κ1) is 16.1. The Morgan fingerprint density at radius 2 is 2.17 bits per heavy atom. The number of phenols is 1. The molecule has 0 aliphatic carbocycles. The molecule has 0 fully saturated rings. The molecule has 2 heterocycles. The second-order valence-electron chi connectivity index (χ2n) is 6.00. The summed E-state index contributed by atoms with van der Waals surface area (Å²) < 4.78 is 2.00. The Kier molecular flexibility index (Phi) is 4.51. The van der Waals surface area contributed by atoms with Crippen LogP contribution in [0.4, 0.5) is 0 Å². The summed E-state index contributed by atoms with van der Waals surface area (Å²) in [4.78, 5) is 16.7. The maximum atomic E-state index is 12.3. The Hall–Kier alpha value is -2.82. The summed E-state index contributed by atoms with van der Waals surface area (Å²) in [5.74, 6) is -0.166. The normalized spacial score (nSPS) is 12.2. The number of hydrogen-bond donors (Lipinski definition) is 2. The SMILES string of the molecule is CC(C(=O)NCCc1cn(C)c2ncccc12)c1cccc(O)c1. The van der Waals surface area contributed by atoms with Crippen LogP contribution in [0.3, 0.4) is 0 Å². The van der Waals surface area contributed by atoms with Crippen molar-refractivity contribution in [1.29, 1.82) is 0 Å². The molecule has 0 spiro atoms. The summed E-state index contributed by atoms with van der Waals surface area (Å²) in [7, 11) is 1.97. The highest BCUT2D eigenvalue weighted by Gasteiger charge is 2.15. The second-order valence-corrected chi connectivity index (χ2v) is 6.00. The molecule has 1 atom stereocenters. The van der Waals surface area contributed by atoms with Crippen LogP contribution in [0, 0.1) is 0 Å². The van der Waals surface area contributed by atoms with Crippen LogP contribution in [0.25, 0.3) is 11.0 Å². The predicted molar refractivity (Wildman–Crippen MR) is 93.9 cm³/mol. The minimum atomic E-state index is -0.300. The van der Waals surface area contributed by atoms with Gasteiger partial charge in [-0.05, 0) is 48.7 Å².